The number of carbonyl (C=O) groups is 2. The van der Waals surface area contributed by atoms with E-state index < -0.39 is 17.7 Å². The fourth-order valence-corrected chi connectivity index (χ4v) is 4.75. The van der Waals surface area contributed by atoms with Gasteiger partial charge in [0, 0.05) is 11.3 Å². The molecule has 0 aliphatic heterocycles. The van der Waals surface area contributed by atoms with E-state index in [1.165, 1.54) is 6.42 Å². The smallest absolute Gasteiger partial charge is 0.411 e. The van der Waals surface area contributed by atoms with Gasteiger partial charge >= 0.3 is 12.2 Å². The van der Waals surface area contributed by atoms with Crippen LogP contribution in [0.1, 0.15) is 65.0 Å². The summed E-state index contributed by atoms with van der Waals surface area (Å²) >= 11 is 0. The fourth-order valence-electron chi connectivity index (χ4n) is 4.75. The standard InChI is InChI=1S/C28H38N2O4/c1-19(2)22-16-15-20(3)17-25(22)34-26(31)29-24-14-10-9-13-23(24)28(4,5)30-27(32)33-18-21-11-7-6-8-12-21/h6-14,19-20,22,25H,15-18H2,1-5H3,(H,29,31)(H,30,32). The van der Waals surface area contributed by atoms with E-state index in [0.717, 1.165) is 24.0 Å². The zero-order valence-electron chi connectivity index (χ0n) is 21.0. The number of hydrogen-bond acceptors (Lipinski definition) is 4. The minimum Gasteiger partial charge on any atom is -0.446 e. The molecule has 2 N–H and O–H groups in total. The average molecular weight is 467 g/mol. The molecule has 3 atom stereocenters. The summed E-state index contributed by atoms with van der Waals surface area (Å²) in [5.41, 5.74) is 1.50. The fraction of sp³-hybridized carbons (Fsp3) is 0.500. The predicted molar refractivity (Wildman–Crippen MR) is 134 cm³/mol. The van der Waals surface area contributed by atoms with E-state index >= 15 is 0 Å². The Labute approximate surface area is 203 Å². The first-order valence-corrected chi connectivity index (χ1v) is 12.2. The van der Waals surface area contributed by atoms with Crippen molar-refractivity contribution in [2.24, 2.45) is 17.8 Å². The van der Waals surface area contributed by atoms with Gasteiger partial charge in [-0.15, -0.1) is 0 Å². The molecular weight excluding hydrogens is 428 g/mol. The van der Waals surface area contributed by atoms with Gasteiger partial charge in [-0.05, 0) is 56.1 Å². The number of anilines is 1. The molecule has 1 saturated carbocycles. The van der Waals surface area contributed by atoms with Gasteiger partial charge in [-0.25, -0.2) is 9.59 Å². The van der Waals surface area contributed by atoms with Gasteiger partial charge in [-0.3, -0.25) is 5.32 Å². The Morgan fingerprint density at radius 1 is 1.00 bits per heavy atom. The number of benzene rings is 2. The molecule has 2 aromatic carbocycles. The Morgan fingerprint density at radius 2 is 1.68 bits per heavy atom. The summed E-state index contributed by atoms with van der Waals surface area (Å²) in [6.07, 6.45) is 2.07. The Hall–Kier alpha value is -3.02. The largest absolute Gasteiger partial charge is 0.446 e. The highest BCUT2D eigenvalue weighted by Crippen LogP contribution is 2.36. The maximum absolute atomic E-state index is 12.9. The minimum absolute atomic E-state index is 0.0880. The number of carbonyl (C=O) groups excluding carboxylic acids is 2. The van der Waals surface area contributed by atoms with Gasteiger partial charge < -0.3 is 14.8 Å². The molecule has 34 heavy (non-hydrogen) atoms. The van der Waals surface area contributed by atoms with Crippen LogP contribution in [0.5, 0.6) is 0 Å². The first-order valence-electron chi connectivity index (χ1n) is 12.2. The summed E-state index contributed by atoms with van der Waals surface area (Å²) in [7, 11) is 0. The van der Waals surface area contributed by atoms with Crippen molar-refractivity contribution < 1.29 is 19.1 Å². The molecular formula is C28H38N2O4. The zero-order valence-corrected chi connectivity index (χ0v) is 21.0. The van der Waals surface area contributed by atoms with E-state index in [9.17, 15) is 9.59 Å². The van der Waals surface area contributed by atoms with Crippen molar-refractivity contribution in [1.82, 2.24) is 5.32 Å². The van der Waals surface area contributed by atoms with E-state index in [4.69, 9.17) is 9.47 Å². The summed E-state index contributed by atoms with van der Waals surface area (Å²) in [6, 6.07) is 17.0. The normalized spacial score (nSPS) is 20.5. The van der Waals surface area contributed by atoms with Crippen molar-refractivity contribution in [2.75, 3.05) is 5.32 Å². The average Bonchev–Trinajstić information content (AvgIpc) is 2.78. The third kappa shape index (κ3) is 6.99. The SMILES string of the molecule is CC1CCC(C(C)C)C(OC(=O)Nc2ccccc2C(C)(C)NC(=O)OCc2ccccc2)C1. The van der Waals surface area contributed by atoms with Crippen LogP contribution in [-0.4, -0.2) is 18.3 Å². The number of ether oxygens (including phenoxy) is 2. The van der Waals surface area contributed by atoms with Crippen LogP contribution in [0.2, 0.25) is 0 Å². The van der Waals surface area contributed by atoms with Gasteiger partial charge in [0.2, 0.25) is 0 Å². The molecule has 0 aromatic heterocycles. The molecule has 1 aliphatic rings. The molecule has 1 aliphatic carbocycles. The molecule has 0 spiro atoms. The molecule has 3 rings (SSSR count). The number of para-hydroxylation sites is 1. The third-order valence-electron chi connectivity index (χ3n) is 6.68. The topological polar surface area (TPSA) is 76.7 Å². The highest BCUT2D eigenvalue weighted by molar-refractivity contribution is 5.86. The van der Waals surface area contributed by atoms with Gasteiger partial charge in [0.1, 0.15) is 12.7 Å². The first-order chi connectivity index (χ1) is 16.2. The lowest BCUT2D eigenvalue weighted by molar-refractivity contribution is 0.0126. The Kier molecular flexibility index (Phi) is 8.59. The number of hydrogen-bond donors (Lipinski definition) is 2. The van der Waals surface area contributed by atoms with Crippen molar-refractivity contribution in [1.29, 1.82) is 0 Å². The van der Waals surface area contributed by atoms with E-state index in [1.807, 2.05) is 68.4 Å². The summed E-state index contributed by atoms with van der Waals surface area (Å²) < 4.78 is 11.3. The molecule has 6 nitrogen and oxygen atoms in total. The van der Waals surface area contributed by atoms with Crippen LogP contribution >= 0.6 is 0 Å². The van der Waals surface area contributed by atoms with Crippen LogP contribution in [0.3, 0.4) is 0 Å². The van der Waals surface area contributed by atoms with Crippen LogP contribution in [0, 0.1) is 17.8 Å². The highest BCUT2D eigenvalue weighted by atomic mass is 16.6. The van der Waals surface area contributed by atoms with Crippen molar-refractivity contribution in [3.05, 3.63) is 65.7 Å². The first kappa shape index (κ1) is 25.6. The Morgan fingerprint density at radius 3 is 2.38 bits per heavy atom. The predicted octanol–water partition coefficient (Wildman–Crippen LogP) is 6.86. The van der Waals surface area contributed by atoms with Crippen LogP contribution < -0.4 is 10.6 Å². The summed E-state index contributed by atoms with van der Waals surface area (Å²) in [6.45, 7) is 10.5. The molecule has 2 amide bonds. The molecule has 0 radical (unpaired) electrons. The molecule has 0 bridgehead atoms. The van der Waals surface area contributed by atoms with Gasteiger partial charge in [-0.1, -0.05) is 75.7 Å². The number of nitrogens with one attached hydrogen (secondary N) is 2. The number of amides is 2. The second kappa shape index (κ2) is 11.4. The van der Waals surface area contributed by atoms with Gasteiger partial charge in [0.25, 0.3) is 0 Å². The summed E-state index contributed by atoms with van der Waals surface area (Å²) in [4.78, 5) is 25.4. The van der Waals surface area contributed by atoms with Gasteiger partial charge in [0.15, 0.2) is 0 Å². The minimum atomic E-state index is -0.780. The molecule has 6 heteroatoms. The number of rotatable bonds is 7. The molecule has 0 saturated heterocycles. The second-order valence-electron chi connectivity index (χ2n) is 10.3. The highest BCUT2D eigenvalue weighted by Gasteiger charge is 2.34. The molecule has 3 unspecified atom stereocenters. The quantitative estimate of drug-likeness (QED) is 0.467. The molecule has 184 valence electrons. The van der Waals surface area contributed by atoms with Gasteiger partial charge in [-0.2, -0.15) is 0 Å². The van der Waals surface area contributed by atoms with Crippen LogP contribution in [0.4, 0.5) is 15.3 Å². The monoisotopic (exact) mass is 466 g/mol. The maximum atomic E-state index is 12.9. The lowest BCUT2D eigenvalue weighted by Gasteiger charge is -2.36. The molecule has 2 aromatic rings. The van der Waals surface area contributed by atoms with E-state index in [-0.39, 0.29) is 12.7 Å². The van der Waals surface area contributed by atoms with Crippen molar-refractivity contribution >= 4 is 17.9 Å². The van der Waals surface area contributed by atoms with Crippen molar-refractivity contribution in [3.8, 4) is 0 Å². The lowest BCUT2D eigenvalue weighted by Crippen LogP contribution is -2.42. The maximum Gasteiger partial charge on any atom is 0.411 e. The summed E-state index contributed by atoms with van der Waals surface area (Å²) in [5.74, 6) is 1.38. The van der Waals surface area contributed by atoms with Crippen LogP contribution in [0.15, 0.2) is 54.6 Å². The van der Waals surface area contributed by atoms with Crippen molar-refractivity contribution in [3.63, 3.8) is 0 Å². The number of alkyl carbamates (subject to hydrolysis) is 1. The molecule has 1 fully saturated rings. The van der Waals surface area contributed by atoms with E-state index in [2.05, 4.69) is 31.4 Å². The van der Waals surface area contributed by atoms with Crippen molar-refractivity contribution in [2.45, 2.75) is 72.1 Å². The molecule has 0 heterocycles. The van der Waals surface area contributed by atoms with Crippen LogP contribution in [-0.2, 0) is 21.6 Å². The Balaban J connectivity index is 1.64. The second-order valence-corrected chi connectivity index (χ2v) is 10.3. The van der Waals surface area contributed by atoms with Crippen LogP contribution in [0.25, 0.3) is 0 Å². The third-order valence-corrected chi connectivity index (χ3v) is 6.68. The Bertz CT molecular complexity index is 958. The van der Waals surface area contributed by atoms with E-state index in [1.54, 1.807) is 0 Å². The van der Waals surface area contributed by atoms with E-state index in [0.29, 0.717) is 23.4 Å². The van der Waals surface area contributed by atoms with Gasteiger partial charge in [0.05, 0.1) is 5.54 Å². The zero-order chi connectivity index (χ0) is 24.7. The lowest BCUT2D eigenvalue weighted by atomic mass is 9.75. The summed E-state index contributed by atoms with van der Waals surface area (Å²) in [5, 5.41) is 5.83.